The van der Waals surface area contributed by atoms with E-state index in [0.29, 0.717) is 15.1 Å². The van der Waals surface area contributed by atoms with Gasteiger partial charge in [-0.05, 0) is 16.0 Å². The summed E-state index contributed by atoms with van der Waals surface area (Å²) in [6.45, 7) is 0. The molecule has 0 saturated heterocycles. The van der Waals surface area contributed by atoms with E-state index in [2.05, 4.69) is 9.79 Å². The molecule has 1 aromatic heterocycles. The monoisotopic (exact) mass is 304 g/mol. The molecule has 3 N–H and O–H groups in total. The fraction of sp³-hybridized carbons (Fsp3) is 0. The van der Waals surface area contributed by atoms with Crippen molar-refractivity contribution in [3.05, 3.63) is 38.4 Å². The third kappa shape index (κ3) is 1.41. The van der Waals surface area contributed by atoms with Crippen molar-refractivity contribution in [1.82, 2.24) is 5.27 Å². The molecule has 0 amide bonds. The normalized spacial score (nSPS) is 10.4. The maximum absolute atomic E-state index is 11.1. The molecule has 72 valence electrons. The van der Waals surface area contributed by atoms with Crippen molar-refractivity contribution in [3.63, 3.8) is 0 Å². The van der Waals surface area contributed by atoms with E-state index in [-0.39, 0.29) is 0 Å². The molecule has 14 heavy (non-hydrogen) atoms. The molecule has 0 bridgehead atoms. The fourth-order valence-electron chi connectivity index (χ4n) is 1.11. The van der Waals surface area contributed by atoms with E-state index in [1.807, 2.05) is 34.7 Å². The van der Waals surface area contributed by atoms with Crippen LogP contribution in [0.3, 0.4) is 0 Å². The SMILES string of the molecule is Nc1ccccc1-[n+]1[nH]oc(=O)c1I. The standard InChI is InChI=1S/C8H6IN3O2/c9-7-8(13)14-11-12(7)6-4-2-1-3-5(6)10/h1-4H,(H2-,10,11,13)/p+1. The van der Waals surface area contributed by atoms with Crippen LogP contribution in [0.15, 0.2) is 33.6 Å². The minimum atomic E-state index is -0.408. The topological polar surface area (TPSA) is 75.9 Å². The molecule has 1 aromatic carbocycles. The van der Waals surface area contributed by atoms with Crippen LogP contribution >= 0.6 is 22.6 Å². The van der Waals surface area contributed by atoms with Crippen molar-refractivity contribution < 1.29 is 9.20 Å². The molecule has 5 nitrogen and oxygen atoms in total. The molecule has 0 radical (unpaired) electrons. The molecule has 0 aliphatic rings. The van der Waals surface area contributed by atoms with Gasteiger partial charge in [0.05, 0.1) is 0 Å². The molecule has 0 unspecified atom stereocenters. The lowest BCUT2D eigenvalue weighted by Gasteiger charge is -1.93. The highest BCUT2D eigenvalue weighted by Gasteiger charge is 2.21. The minimum absolute atomic E-state index is 0.408. The van der Waals surface area contributed by atoms with Crippen molar-refractivity contribution in [2.75, 3.05) is 5.73 Å². The average molecular weight is 304 g/mol. The highest BCUT2D eigenvalue weighted by atomic mass is 127. The van der Waals surface area contributed by atoms with Crippen LogP contribution in [0.4, 0.5) is 5.69 Å². The average Bonchev–Trinajstić information content (AvgIpc) is 2.49. The number of nitrogens with two attached hydrogens (primary N) is 1. The number of nitrogens with one attached hydrogen (secondary N) is 1. The Morgan fingerprint density at radius 3 is 2.71 bits per heavy atom. The van der Waals surface area contributed by atoms with Crippen LogP contribution in [0.2, 0.25) is 0 Å². The van der Waals surface area contributed by atoms with Crippen molar-refractivity contribution >= 4 is 28.3 Å². The van der Waals surface area contributed by atoms with E-state index >= 15 is 0 Å². The molecular weight excluding hydrogens is 297 g/mol. The lowest BCUT2D eigenvalue weighted by atomic mass is 10.3. The Bertz CT molecular complexity index is 517. The molecule has 2 rings (SSSR count). The maximum atomic E-state index is 11.1. The number of nitrogens with zero attached hydrogens (tertiary/aromatic N) is 1. The second-order valence-electron chi connectivity index (χ2n) is 2.67. The van der Waals surface area contributed by atoms with Gasteiger partial charge in [-0.3, -0.25) is 4.52 Å². The number of halogens is 1. The van der Waals surface area contributed by atoms with Gasteiger partial charge in [0.15, 0.2) is 0 Å². The Morgan fingerprint density at radius 2 is 2.14 bits per heavy atom. The Morgan fingerprint density at radius 1 is 1.43 bits per heavy atom. The molecule has 0 atom stereocenters. The van der Waals surface area contributed by atoms with Gasteiger partial charge in [-0.25, -0.2) is 4.79 Å². The largest absolute Gasteiger partial charge is 0.441 e. The molecule has 0 saturated carbocycles. The van der Waals surface area contributed by atoms with Gasteiger partial charge in [0.25, 0.3) is 5.69 Å². The number of nitrogen functional groups attached to an aromatic ring is 1. The number of rotatable bonds is 1. The van der Waals surface area contributed by atoms with Gasteiger partial charge in [-0.2, -0.15) is 0 Å². The number of benzene rings is 1. The summed E-state index contributed by atoms with van der Waals surface area (Å²) in [5.74, 6) is 0. The Hall–Kier alpha value is -1.31. The summed E-state index contributed by atoms with van der Waals surface area (Å²) < 4.78 is 6.55. The second-order valence-corrected chi connectivity index (χ2v) is 3.69. The van der Waals surface area contributed by atoms with Crippen molar-refractivity contribution in [1.29, 1.82) is 0 Å². The highest BCUT2D eigenvalue weighted by Crippen LogP contribution is 2.09. The fourth-order valence-corrected chi connectivity index (χ4v) is 1.58. The van der Waals surface area contributed by atoms with Crippen molar-refractivity contribution in [2.45, 2.75) is 0 Å². The zero-order valence-corrected chi connectivity index (χ0v) is 9.19. The zero-order valence-electron chi connectivity index (χ0n) is 7.03. The van der Waals surface area contributed by atoms with Gasteiger partial charge in [0, 0.05) is 28.7 Å². The zero-order chi connectivity index (χ0) is 10.1. The predicted molar refractivity (Wildman–Crippen MR) is 58.0 cm³/mol. The molecule has 1 heterocycles. The van der Waals surface area contributed by atoms with Gasteiger partial charge < -0.3 is 5.73 Å². The summed E-state index contributed by atoms with van der Waals surface area (Å²) in [4.78, 5) is 11.1. The summed E-state index contributed by atoms with van der Waals surface area (Å²) in [6, 6.07) is 7.21. The third-order valence-electron chi connectivity index (χ3n) is 1.77. The number of para-hydroxylation sites is 2. The number of aromatic nitrogens is 2. The minimum Gasteiger partial charge on any atom is -0.393 e. The van der Waals surface area contributed by atoms with E-state index in [4.69, 9.17) is 5.73 Å². The predicted octanol–water partition coefficient (Wildman–Crippen LogP) is 0.431. The third-order valence-corrected chi connectivity index (χ3v) is 2.69. The van der Waals surface area contributed by atoms with Crippen LogP contribution in [0.5, 0.6) is 0 Å². The van der Waals surface area contributed by atoms with E-state index in [0.717, 1.165) is 0 Å². The molecule has 2 aromatic rings. The number of H-pyrrole nitrogens is 1. The Kier molecular flexibility index (Phi) is 2.28. The highest BCUT2D eigenvalue weighted by molar-refractivity contribution is 14.1. The first-order valence-corrected chi connectivity index (χ1v) is 4.92. The molecule has 0 spiro atoms. The molecule has 6 heteroatoms. The lowest BCUT2D eigenvalue weighted by molar-refractivity contribution is -0.681. The van der Waals surface area contributed by atoms with Gasteiger partial charge in [0.2, 0.25) is 0 Å². The van der Waals surface area contributed by atoms with Crippen LogP contribution in [0.25, 0.3) is 5.69 Å². The van der Waals surface area contributed by atoms with Gasteiger partial charge in [0.1, 0.15) is 5.69 Å². The number of anilines is 1. The van der Waals surface area contributed by atoms with E-state index in [1.54, 1.807) is 12.1 Å². The summed E-state index contributed by atoms with van der Waals surface area (Å²) in [7, 11) is 0. The van der Waals surface area contributed by atoms with Crippen LogP contribution in [-0.2, 0) is 0 Å². The van der Waals surface area contributed by atoms with Crippen LogP contribution in [-0.4, -0.2) is 5.27 Å². The van der Waals surface area contributed by atoms with Crippen LogP contribution in [0.1, 0.15) is 0 Å². The Labute approximate surface area is 92.6 Å². The first-order valence-electron chi connectivity index (χ1n) is 3.84. The summed E-state index contributed by atoms with van der Waals surface area (Å²) in [5.41, 5.74) is 6.61. The van der Waals surface area contributed by atoms with Gasteiger partial charge >= 0.3 is 9.33 Å². The van der Waals surface area contributed by atoms with Crippen molar-refractivity contribution in [3.8, 4) is 5.69 Å². The first-order chi connectivity index (χ1) is 6.70. The summed E-state index contributed by atoms with van der Waals surface area (Å²) in [5, 5.41) is 2.47. The van der Waals surface area contributed by atoms with Crippen molar-refractivity contribution in [2.24, 2.45) is 0 Å². The number of hydrogen-bond acceptors (Lipinski definition) is 3. The smallest absolute Gasteiger partial charge is 0.393 e. The molecule has 0 aliphatic heterocycles. The van der Waals surface area contributed by atoms with Gasteiger partial charge in [-0.1, -0.05) is 12.1 Å². The number of hydrogen-bond donors (Lipinski definition) is 2. The van der Waals surface area contributed by atoms with E-state index < -0.39 is 5.63 Å². The van der Waals surface area contributed by atoms with Gasteiger partial charge in [-0.15, -0.1) is 0 Å². The number of aromatic amines is 1. The van der Waals surface area contributed by atoms with E-state index in [9.17, 15) is 4.79 Å². The quantitative estimate of drug-likeness (QED) is 0.456. The lowest BCUT2D eigenvalue weighted by Crippen LogP contribution is -2.38. The summed E-state index contributed by atoms with van der Waals surface area (Å²) in [6.07, 6.45) is 0. The molecule has 0 aliphatic carbocycles. The second kappa shape index (κ2) is 3.45. The maximum Gasteiger partial charge on any atom is 0.441 e. The Balaban J connectivity index is 2.66. The summed E-state index contributed by atoms with van der Waals surface area (Å²) >= 11 is 1.89. The van der Waals surface area contributed by atoms with Crippen LogP contribution in [0, 0.1) is 3.70 Å². The van der Waals surface area contributed by atoms with E-state index in [1.165, 1.54) is 4.68 Å². The molecular formula is C8H7IN3O2+. The first kappa shape index (κ1) is 9.25. The molecule has 0 fully saturated rings. The van der Waals surface area contributed by atoms with Crippen LogP contribution < -0.4 is 16.0 Å².